The van der Waals surface area contributed by atoms with E-state index in [2.05, 4.69) is 22.5 Å². The van der Waals surface area contributed by atoms with Gasteiger partial charge in [0.2, 0.25) is 5.91 Å². The van der Waals surface area contributed by atoms with Crippen LogP contribution in [-0.2, 0) is 17.6 Å². The highest BCUT2D eigenvalue weighted by Crippen LogP contribution is 2.22. The fraction of sp³-hybridized carbons (Fsp3) is 0.115. The van der Waals surface area contributed by atoms with E-state index in [1.54, 1.807) is 42.5 Å². The molecule has 4 aromatic rings. The molecule has 3 N–H and O–H groups in total. The van der Waals surface area contributed by atoms with Gasteiger partial charge in [-0.15, -0.1) is 0 Å². The summed E-state index contributed by atoms with van der Waals surface area (Å²) in [5.74, 6) is -0.695. The second-order valence-corrected chi connectivity index (χ2v) is 7.49. The lowest BCUT2D eigenvalue weighted by Crippen LogP contribution is -2.23. The monoisotopic (exact) mass is 425 g/mol. The van der Waals surface area contributed by atoms with Crippen LogP contribution >= 0.6 is 0 Å². The van der Waals surface area contributed by atoms with Gasteiger partial charge in [-0.1, -0.05) is 55.5 Å². The Bertz CT molecular complexity index is 1330. The highest BCUT2D eigenvalue weighted by Gasteiger charge is 2.15. The number of hydrogen-bond acceptors (Lipinski definition) is 3. The Morgan fingerprint density at radius 3 is 2.28 bits per heavy atom. The molecule has 0 spiro atoms. The van der Waals surface area contributed by atoms with Crippen LogP contribution in [0.4, 0.5) is 11.4 Å². The lowest BCUT2D eigenvalue weighted by atomic mass is 10.1. The van der Waals surface area contributed by atoms with Crippen LogP contribution in [0.2, 0.25) is 0 Å². The standard InChI is InChI=1S/C26H23N3O3/c1-2-17-11-13-18(14-12-17)15-24(30)28-22-9-6-10-23-20(22)16-21(26(32)29-23)25(31)27-19-7-4-3-5-8-19/h3-14,16H,2,15H2,1H3,(H,27,31)(H,28,30)(H,29,32). The number of para-hydroxylation sites is 1. The summed E-state index contributed by atoms with van der Waals surface area (Å²) in [6.45, 7) is 2.08. The minimum Gasteiger partial charge on any atom is -0.325 e. The van der Waals surface area contributed by atoms with Gasteiger partial charge < -0.3 is 15.6 Å². The highest BCUT2D eigenvalue weighted by molar-refractivity contribution is 6.08. The first kappa shape index (κ1) is 21.1. The quantitative estimate of drug-likeness (QED) is 0.424. The number of fused-ring (bicyclic) bond motifs is 1. The molecule has 0 saturated heterocycles. The molecule has 160 valence electrons. The van der Waals surface area contributed by atoms with Gasteiger partial charge in [-0.2, -0.15) is 0 Å². The van der Waals surface area contributed by atoms with Crippen LogP contribution in [0.5, 0.6) is 0 Å². The Morgan fingerprint density at radius 2 is 1.56 bits per heavy atom. The predicted molar refractivity (Wildman–Crippen MR) is 127 cm³/mol. The number of nitrogens with one attached hydrogen (secondary N) is 3. The Balaban J connectivity index is 1.59. The Hall–Kier alpha value is -4.19. The van der Waals surface area contributed by atoms with Crippen LogP contribution in [0.25, 0.3) is 10.9 Å². The van der Waals surface area contributed by atoms with E-state index < -0.39 is 11.5 Å². The third-order valence-electron chi connectivity index (χ3n) is 5.23. The number of amides is 2. The SMILES string of the molecule is CCc1ccc(CC(=O)Nc2cccc3[nH]c(=O)c(C(=O)Nc4ccccc4)cc23)cc1. The highest BCUT2D eigenvalue weighted by atomic mass is 16.2. The molecule has 0 unspecified atom stereocenters. The number of carbonyl (C=O) groups excluding carboxylic acids is 2. The minimum atomic E-state index is -0.517. The Labute approximate surface area is 185 Å². The van der Waals surface area contributed by atoms with Gasteiger partial charge in [-0.25, -0.2) is 0 Å². The average molecular weight is 425 g/mol. The summed E-state index contributed by atoms with van der Waals surface area (Å²) in [6, 6.07) is 23.6. The van der Waals surface area contributed by atoms with E-state index in [1.807, 2.05) is 30.3 Å². The zero-order valence-corrected chi connectivity index (χ0v) is 17.6. The van der Waals surface area contributed by atoms with Crippen molar-refractivity contribution < 1.29 is 9.59 Å². The number of rotatable bonds is 6. The van der Waals surface area contributed by atoms with Crippen molar-refractivity contribution in [1.29, 1.82) is 0 Å². The van der Waals surface area contributed by atoms with Crippen molar-refractivity contribution >= 4 is 34.1 Å². The second-order valence-electron chi connectivity index (χ2n) is 7.49. The summed E-state index contributed by atoms with van der Waals surface area (Å²) in [5, 5.41) is 6.21. The number of carbonyl (C=O) groups is 2. The fourth-order valence-corrected chi connectivity index (χ4v) is 3.50. The summed E-state index contributed by atoms with van der Waals surface area (Å²) >= 11 is 0. The molecule has 3 aromatic carbocycles. The van der Waals surface area contributed by atoms with E-state index in [-0.39, 0.29) is 17.9 Å². The third-order valence-corrected chi connectivity index (χ3v) is 5.23. The molecule has 2 amide bonds. The molecular weight excluding hydrogens is 402 g/mol. The van der Waals surface area contributed by atoms with Gasteiger partial charge >= 0.3 is 0 Å². The lowest BCUT2D eigenvalue weighted by Gasteiger charge is -2.11. The molecule has 6 heteroatoms. The maximum atomic E-state index is 12.7. The molecule has 0 fully saturated rings. The van der Waals surface area contributed by atoms with E-state index in [1.165, 1.54) is 11.6 Å². The lowest BCUT2D eigenvalue weighted by molar-refractivity contribution is -0.115. The predicted octanol–water partition coefficient (Wildman–Crippen LogP) is 4.52. The molecule has 0 aliphatic carbocycles. The summed E-state index contributed by atoms with van der Waals surface area (Å²) in [7, 11) is 0. The summed E-state index contributed by atoms with van der Waals surface area (Å²) in [5.41, 5.74) is 3.26. The molecule has 0 atom stereocenters. The van der Waals surface area contributed by atoms with Crippen molar-refractivity contribution in [3.63, 3.8) is 0 Å². The summed E-state index contributed by atoms with van der Waals surface area (Å²) < 4.78 is 0. The largest absolute Gasteiger partial charge is 0.325 e. The number of pyridine rings is 1. The molecule has 0 aliphatic heterocycles. The number of H-pyrrole nitrogens is 1. The van der Waals surface area contributed by atoms with Gasteiger partial charge in [0.25, 0.3) is 11.5 Å². The number of anilines is 2. The number of hydrogen-bond donors (Lipinski definition) is 3. The molecule has 0 aliphatic rings. The van der Waals surface area contributed by atoms with E-state index in [0.29, 0.717) is 22.3 Å². The number of benzene rings is 3. The third kappa shape index (κ3) is 4.75. The van der Waals surface area contributed by atoms with Crippen LogP contribution in [0, 0.1) is 0 Å². The van der Waals surface area contributed by atoms with E-state index in [0.717, 1.165) is 12.0 Å². The van der Waals surface area contributed by atoms with Crippen LogP contribution in [0.3, 0.4) is 0 Å². The van der Waals surface area contributed by atoms with Crippen LogP contribution < -0.4 is 16.2 Å². The smallest absolute Gasteiger partial charge is 0.261 e. The normalized spacial score (nSPS) is 10.7. The molecule has 4 rings (SSSR count). The zero-order valence-electron chi connectivity index (χ0n) is 17.6. The van der Waals surface area contributed by atoms with Crippen LogP contribution in [-0.4, -0.2) is 16.8 Å². The summed E-state index contributed by atoms with van der Waals surface area (Å²) in [6.07, 6.45) is 1.17. The van der Waals surface area contributed by atoms with Crippen LogP contribution in [0.15, 0.2) is 83.7 Å². The maximum absolute atomic E-state index is 12.7. The van der Waals surface area contributed by atoms with Gasteiger partial charge in [0.1, 0.15) is 5.56 Å². The molecule has 1 heterocycles. The number of aromatic nitrogens is 1. The molecule has 6 nitrogen and oxygen atoms in total. The Morgan fingerprint density at radius 1 is 0.844 bits per heavy atom. The zero-order chi connectivity index (χ0) is 22.5. The molecule has 0 bridgehead atoms. The van der Waals surface area contributed by atoms with Crippen molar-refractivity contribution in [3.05, 3.63) is 106 Å². The first-order valence-corrected chi connectivity index (χ1v) is 10.4. The topological polar surface area (TPSA) is 91.1 Å². The van der Waals surface area contributed by atoms with Gasteiger partial charge in [0.05, 0.1) is 17.6 Å². The molecule has 32 heavy (non-hydrogen) atoms. The first-order chi connectivity index (χ1) is 15.5. The number of aryl methyl sites for hydroxylation is 1. The van der Waals surface area contributed by atoms with Gasteiger partial charge in [0, 0.05) is 11.1 Å². The van der Waals surface area contributed by atoms with Crippen LogP contribution in [0.1, 0.15) is 28.4 Å². The van der Waals surface area contributed by atoms with E-state index in [9.17, 15) is 14.4 Å². The summed E-state index contributed by atoms with van der Waals surface area (Å²) in [4.78, 5) is 40.6. The van der Waals surface area contributed by atoms with Gasteiger partial charge in [0.15, 0.2) is 0 Å². The van der Waals surface area contributed by atoms with Crippen molar-refractivity contribution in [2.45, 2.75) is 19.8 Å². The van der Waals surface area contributed by atoms with E-state index in [4.69, 9.17) is 0 Å². The molecule has 0 radical (unpaired) electrons. The van der Waals surface area contributed by atoms with Crippen molar-refractivity contribution in [1.82, 2.24) is 4.98 Å². The van der Waals surface area contributed by atoms with Crippen molar-refractivity contribution in [3.8, 4) is 0 Å². The molecular formula is C26H23N3O3. The fourth-order valence-electron chi connectivity index (χ4n) is 3.50. The minimum absolute atomic E-state index is 0.0294. The number of aromatic amines is 1. The van der Waals surface area contributed by atoms with Crippen molar-refractivity contribution in [2.24, 2.45) is 0 Å². The van der Waals surface area contributed by atoms with Crippen molar-refractivity contribution in [2.75, 3.05) is 10.6 Å². The molecule has 0 saturated carbocycles. The van der Waals surface area contributed by atoms with E-state index >= 15 is 0 Å². The second kappa shape index (κ2) is 9.31. The van der Waals surface area contributed by atoms with Gasteiger partial charge in [-0.05, 0) is 47.9 Å². The Kier molecular flexibility index (Phi) is 6.12. The van der Waals surface area contributed by atoms with Gasteiger partial charge in [-0.3, -0.25) is 14.4 Å². The maximum Gasteiger partial charge on any atom is 0.261 e. The molecule has 1 aromatic heterocycles. The average Bonchev–Trinajstić information content (AvgIpc) is 2.80. The first-order valence-electron chi connectivity index (χ1n) is 10.4.